The van der Waals surface area contributed by atoms with E-state index in [2.05, 4.69) is 10.5 Å². The van der Waals surface area contributed by atoms with Crippen molar-refractivity contribution in [1.82, 2.24) is 5.43 Å². The fraction of sp³-hybridized carbons (Fsp3) is 0.158. The molecule has 0 fully saturated rings. The van der Waals surface area contributed by atoms with Gasteiger partial charge in [0.05, 0.1) is 11.7 Å². The van der Waals surface area contributed by atoms with Crippen LogP contribution in [0.2, 0.25) is 0 Å². The van der Waals surface area contributed by atoms with Crippen molar-refractivity contribution in [2.45, 2.75) is 19.4 Å². The number of carboxylic acid groups (broad SMARTS) is 2. The molecule has 8 nitrogen and oxygen atoms in total. The number of hydrogen-bond donors (Lipinski definition) is 1. The van der Waals surface area contributed by atoms with Crippen molar-refractivity contribution in [3.8, 4) is 5.75 Å². The number of carbonyl (C=O) groups is 3. The maximum atomic E-state index is 12.0. The number of nitrogens with one attached hydrogen (secondary N) is 1. The van der Waals surface area contributed by atoms with Gasteiger partial charge in [-0.2, -0.15) is 5.10 Å². The smallest absolute Gasteiger partial charge is 0.271 e. The van der Waals surface area contributed by atoms with Gasteiger partial charge in [-0.25, -0.2) is 5.43 Å². The highest BCUT2D eigenvalue weighted by Crippen LogP contribution is 2.12. The number of carboxylic acids is 2. The first kappa shape index (κ1) is 19.6. The van der Waals surface area contributed by atoms with Gasteiger partial charge in [0.15, 0.2) is 0 Å². The molecule has 0 aromatic heterocycles. The van der Waals surface area contributed by atoms with E-state index in [1.54, 1.807) is 12.1 Å². The predicted octanol–water partition coefficient (Wildman–Crippen LogP) is -0.369. The Morgan fingerprint density at radius 3 is 2.19 bits per heavy atom. The number of rotatable bonds is 9. The van der Waals surface area contributed by atoms with Crippen LogP contribution in [0, 0.1) is 0 Å². The Labute approximate surface area is 155 Å². The zero-order valence-corrected chi connectivity index (χ0v) is 14.2. The molecule has 2 aromatic carbocycles. The maximum Gasteiger partial charge on any atom is 0.271 e. The first-order valence-electron chi connectivity index (χ1n) is 8.00. The van der Waals surface area contributed by atoms with E-state index in [-0.39, 0.29) is 5.56 Å². The molecule has 0 spiro atoms. The highest BCUT2D eigenvalue weighted by atomic mass is 16.5. The highest BCUT2D eigenvalue weighted by Gasteiger charge is 2.07. The lowest BCUT2D eigenvalue weighted by atomic mass is 10.1. The van der Waals surface area contributed by atoms with E-state index >= 15 is 0 Å². The maximum absolute atomic E-state index is 12.0. The number of amides is 1. The van der Waals surface area contributed by atoms with E-state index in [0.29, 0.717) is 6.61 Å². The molecule has 0 atom stereocenters. The number of para-hydroxylation sites is 1. The van der Waals surface area contributed by atoms with E-state index in [4.69, 9.17) is 4.74 Å². The summed E-state index contributed by atoms with van der Waals surface area (Å²) in [6.07, 6.45) is -0.959. The van der Waals surface area contributed by atoms with Crippen molar-refractivity contribution in [3.05, 3.63) is 65.7 Å². The quantitative estimate of drug-likeness (QED) is 0.475. The minimum Gasteiger partial charge on any atom is -0.550 e. The van der Waals surface area contributed by atoms with E-state index in [9.17, 15) is 24.6 Å². The van der Waals surface area contributed by atoms with Gasteiger partial charge in [0, 0.05) is 11.5 Å². The summed E-state index contributed by atoms with van der Waals surface area (Å²) >= 11 is 0. The monoisotopic (exact) mass is 368 g/mol. The first-order valence-corrected chi connectivity index (χ1v) is 8.00. The molecular weight excluding hydrogens is 352 g/mol. The molecule has 2 aromatic rings. The third-order valence-corrected chi connectivity index (χ3v) is 3.46. The van der Waals surface area contributed by atoms with E-state index in [0.717, 1.165) is 11.3 Å². The molecule has 0 saturated heterocycles. The number of hydrogen-bond acceptors (Lipinski definition) is 7. The van der Waals surface area contributed by atoms with E-state index in [1.807, 2.05) is 30.3 Å². The molecule has 1 amide bonds. The second kappa shape index (κ2) is 9.71. The van der Waals surface area contributed by atoms with Gasteiger partial charge >= 0.3 is 0 Å². The Balaban J connectivity index is 1.93. The molecule has 0 radical (unpaired) electrons. The van der Waals surface area contributed by atoms with E-state index < -0.39 is 36.4 Å². The van der Waals surface area contributed by atoms with Gasteiger partial charge in [-0.15, -0.1) is 0 Å². The molecule has 1 N–H and O–H groups in total. The average Bonchev–Trinajstić information content (AvgIpc) is 2.67. The number of benzene rings is 2. The first-order chi connectivity index (χ1) is 13.0. The molecule has 0 bridgehead atoms. The van der Waals surface area contributed by atoms with Crippen LogP contribution < -0.4 is 20.4 Å². The molecule has 0 unspecified atom stereocenters. The summed E-state index contributed by atoms with van der Waals surface area (Å²) in [5, 5.41) is 24.7. The van der Waals surface area contributed by atoms with Crippen LogP contribution in [-0.4, -0.2) is 23.6 Å². The Hall–Kier alpha value is -3.68. The molecule has 0 aliphatic rings. The summed E-state index contributed by atoms with van der Waals surface area (Å²) in [5.74, 6) is -3.01. The molecule has 0 aliphatic heterocycles. The number of aliphatic carboxylic acids is 2. The standard InChI is InChI=1S/C19H18N2O6/c22-17(23)11-10-16(19(25)26)20-21-18(24)14-8-6-13(7-9-14)12-27-15-4-2-1-3-5-15/h1-9H,10-12H2,(H,21,24)(H,22,23)(H,25,26)/p-2/b20-16+. The molecule has 140 valence electrons. The van der Waals surface area contributed by atoms with Crippen molar-refractivity contribution in [3.63, 3.8) is 0 Å². The fourth-order valence-corrected chi connectivity index (χ4v) is 2.04. The number of nitrogens with zero attached hydrogens (tertiary/aromatic N) is 1. The van der Waals surface area contributed by atoms with Crippen LogP contribution in [-0.2, 0) is 16.2 Å². The van der Waals surface area contributed by atoms with Crippen molar-refractivity contribution in [2.24, 2.45) is 5.10 Å². The summed E-state index contributed by atoms with van der Waals surface area (Å²) in [6.45, 7) is 0.322. The Kier molecular flexibility index (Phi) is 7.07. The molecule has 27 heavy (non-hydrogen) atoms. The van der Waals surface area contributed by atoms with Crippen molar-refractivity contribution in [1.29, 1.82) is 0 Å². The lowest BCUT2D eigenvalue weighted by Crippen LogP contribution is -2.35. The van der Waals surface area contributed by atoms with Gasteiger partial charge in [-0.3, -0.25) is 4.79 Å². The van der Waals surface area contributed by atoms with Crippen LogP contribution in [0.5, 0.6) is 5.75 Å². The zero-order chi connectivity index (χ0) is 19.6. The van der Waals surface area contributed by atoms with Crippen molar-refractivity contribution in [2.75, 3.05) is 0 Å². The lowest BCUT2D eigenvalue weighted by Gasteiger charge is -2.09. The van der Waals surface area contributed by atoms with Gasteiger partial charge in [0.1, 0.15) is 12.4 Å². The predicted molar refractivity (Wildman–Crippen MR) is 91.4 cm³/mol. The second-order valence-electron chi connectivity index (χ2n) is 5.46. The number of ether oxygens (including phenoxy) is 1. The van der Waals surface area contributed by atoms with Gasteiger partial charge in [-0.1, -0.05) is 30.3 Å². The topological polar surface area (TPSA) is 131 Å². The van der Waals surface area contributed by atoms with Crippen molar-refractivity contribution < 1.29 is 29.3 Å². The van der Waals surface area contributed by atoms with E-state index in [1.165, 1.54) is 12.1 Å². The largest absolute Gasteiger partial charge is 0.550 e. The van der Waals surface area contributed by atoms with Crippen LogP contribution >= 0.6 is 0 Å². The van der Waals surface area contributed by atoms with Crippen LogP contribution in [0.4, 0.5) is 0 Å². The highest BCUT2D eigenvalue weighted by molar-refractivity contribution is 6.34. The van der Waals surface area contributed by atoms with Crippen LogP contribution in [0.15, 0.2) is 59.7 Å². The zero-order valence-electron chi connectivity index (χ0n) is 14.2. The molecular formula is C19H16N2O6-2. The normalized spacial score (nSPS) is 10.9. The van der Waals surface area contributed by atoms with Crippen molar-refractivity contribution >= 4 is 23.6 Å². The second-order valence-corrected chi connectivity index (χ2v) is 5.46. The van der Waals surface area contributed by atoms with Crippen LogP contribution in [0.1, 0.15) is 28.8 Å². The van der Waals surface area contributed by atoms with Gasteiger partial charge in [0.25, 0.3) is 5.91 Å². The molecule has 2 rings (SSSR count). The molecule has 8 heteroatoms. The third-order valence-electron chi connectivity index (χ3n) is 3.46. The molecule has 0 heterocycles. The van der Waals surface area contributed by atoms with Gasteiger partial charge in [-0.05, 0) is 42.7 Å². The summed E-state index contributed by atoms with van der Waals surface area (Å²) in [5.41, 5.74) is 2.57. The summed E-state index contributed by atoms with van der Waals surface area (Å²) < 4.78 is 5.60. The number of carbonyl (C=O) groups excluding carboxylic acids is 3. The minimum absolute atomic E-state index is 0.250. The Bertz CT molecular complexity index is 831. The summed E-state index contributed by atoms with van der Waals surface area (Å²) in [4.78, 5) is 33.3. The summed E-state index contributed by atoms with van der Waals surface area (Å²) in [7, 11) is 0. The Morgan fingerprint density at radius 1 is 0.926 bits per heavy atom. The average molecular weight is 368 g/mol. The molecule has 0 saturated carbocycles. The SMILES string of the molecule is O=C([O-])CC/C(=N\NC(=O)c1ccc(COc2ccccc2)cc1)C(=O)[O-]. The van der Waals surface area contributed by atoms with Crippen LogP contribution in [0.25, 0.3) is 0 Å². The number of hydrazone groups is 1. The van der Waals surface area contributed by atoms with Crippen LogP contribution in [0.3, 0.4) is 0 Å². The third kappa shape index (κ3) is 6.62. The fourth-order valence-electron chi connectivity index (χ4n) is 2.04. The minimum atomic E-state index is -1.66. The molecule has 0 aliphatic carbocycles. The lowest BCUT2D eigenvalue weighted by molar-refractivity contribution is -0.305. The Morgan fingerprint density at radius 2 is 1.59 bits per heavy atom. The van der Waals surface area contributed by atoms with Gasteiger partial charge < -0.3 is 24.5 Å². The van der Waals surface area contributed by atoms with Gasteiger partial charge in [0.2, 0.25) is 0 Å². The summed E-state index contributed by atoms with van der Waals surface area (Å²) in [6, 6.07) is 15.7.